The van der Waals surface area contributed by atoms with E-state index in [1.165, 1.54) is 6.08 Å². The van der Waals surface area contributed by atoms with Crippen molar-refractivity contribution < 1.29 is 9.90 Å². The van der Waals surface area contributed by atoms with Crippen molar-refractivity contribution in [1.29, 1.82) is 0 Å². The second-order valence-corrected chi connectivity index (χ2v) is 3.17. The molecule has 0 aromatic heterocycles. The third-order valence-corrected chi connectivity index (χ3v) is 2.06. The quantitative estimate of drug-likeness (QED) is 0.546. The summed E-state index contributed by atoms with van der Waals surface area (Å²) in [6.07, 6.45) is 8.14. The van der Waals surface area contributed by atoms with Gasteiger partial charge < -0.3 is 10.4 Å². The number of allylic oxidation sites excluding steroid dienone is 3. The molecule has 0 atom stereocenters. The molecule has 0 bridgehead atoms. The molecule has 1 rings (SSSR count). The van der Waals surface area contributed by atoms with Gasteiger partial charge in [-0.05, 0) is 18.9 Å². The summed E-state index contributed by atoms with van der Waals surface area (Å²) in [7, 11) is 0. The molecule has 1 aliphatic carbocycles. The highest BCUT2D eigenvalue weighted by Gasteiger charge is 2.12. The van der Waals surface area contributed by atoms with E-state index >= 15 is 0 Å². The first-order valence-corrected chi connectivity index (χ1v) is 4.92. The largest absolute Gasteiger partial charge is 0.506 e. The minimum atomic E-state index is -0.236. The van der Waals surface area contributed by atoms with Crippen LogP contribution in [0.15, 0.2) is 47.9 Å². The molecule has 80 valence electrons. The zero-order valence-electron chi connectivity index (χ0n) is 8.79. The maximum atomic E-state index is 11.6. The van der Waals surface area contributed by atoms with Crippen molar-refractivity contribution >= 4 is 5.91 Å². The summed E-state index contributed by atoms with van der Waals surface area (Å²) in [5.74, 6) is -0.108. The van der Waals surface area contributed by atoms with Gasteiger partial charge in [0.05, 0.1) is 5.70 Å². The normalized spacial score (nSPS) is 15.7. The van der Waals surface area contributed by atoms with Gasteiger partial charge in [-0.25, -0.2) is 0 Å². The predicted octanol–water partition coefficient (Wildman–Crippen LogP) is 2.35. The van der Waals surface area contributed by atoms with E-state index in [0.29, 0.717) is 17.7 Å². The van der Waals surface area contributed by atoms with Gasteiger partial charge in [-0.15, -0.1) is 0 Å². The van der Waals surface area contributed by atoms with Crippen LogP contribution >= 0.6 is 0 Å². The van der Waals surface area contributed by atoms with E-state index in [1.807, 2.05) is 6.92 Å². The van der Waals surface area contributed by atoms with Crippen LogP contribution in [0.4, 0.5) is 0 Å². The topological polar surface area (TPSA) is 49.3 Å². The molecular formula is C12H15NO2. The highest BCUT2D eigenvalue weighted by Crippen LogP contribution is 2.14. The maximum Gasteiger partial charge on any atom is 0.255 e. The fourth-order valence-corrected chi connectivity index (χ4v) is 1.30. The van der Waals surface area contributed by atoms with E-state index in [9.17, 15) is 9.90 Å². The van der Waals surface area contributed by atoms with Crippen molar-refractivity contribution in [2.45, 2.75) is 19.8 Å². The number of rotatable bonds is 4. The second-order valence-electron chi connectivity index (χ2n) is 3.17. The van der Waals surface area contributed by atoms with Crippen molar-refractivity contribution in [2.24, 2.45) is 0 Å². The number of aliphatic hydroxyl groups excluding tert-OH is 1. The molecule has 1 amide bonds. The molecule has 0 heterocycles. The lowest BCUT2D eigenvalue weighted by Gasteiger charge is -2.06. The molecule has 0 saturated heterocycles. The van der Waals surface area contributed by atoms with Gasteiger partial charge in [0.1, 0.15) is 5.76 Å². The molecule has 0 unspecified atom stereocenters. The molecule has 0 aromatic carbocycles. The van der Waals surface area contributed by atoms with Crippen LogP contribution in [0.1, 0.15) is 19.8 Å². The molecule has 15 heavy (non-hydrogen) atoms. The van der Waals surface area contributed by atoms with Crippen LogP contribution in [0.2, 0.25) is 0 Å². The molecule has 0 spiro atoms. The Morgan fingerprint density at radius 1 is 1.67 bits per heavy atom. The standard InChI is InChI=1S/C12H15NO2/c1-3-6-9(4-2)12(15)13-10-7-5-8-11(10)14/h4,6-8,14H,2-3,5H2,1H3,(H,13,15)/b9-6+. The van der Waals surface area contributed by atoms with Gasteiger partial charge in [-0.1, -0.05) is 31.7 Å². The molecule has 0 radical (unpaired) electrons. The Hall–Kier alpha value is -1.77. The van der Waals surface area contributed by atoms with E-state index in [2.05, 4.69) is 11.9 Å². The third kappa shape index (κ3) is 2.84. The van der Waals surface area contributed by atoms with Gasteiger partial charge in [0.25, 0.3) is 5.91 Å². The Morgan fingerprint density at radius 3 is 2.87 bits per heavy atom. The zero-order valence-corrected chi connectivity index (χ0v) is 8.79. The summed E-state index contributed by atoms with van der Waals surface area (Å²) in [5, 5.41) is 12.0. The number of carbonyl (C=O) groups excluding carboxylic acids is 1. The number of hydrogen-bond donors (Lipinski definition) is 2. The lowest BCUT2D eigenvalue weighted by Crippen LogP contribution is -2.24. The minimum Gasteiger partial charge on any atom is -0.506 e. The Kier molecular flexibility index (Phi) is 3.92. The van der Waals surface area contributed by atoms with Crippen molar-refractivity contribution in [3.05, 3.63) is 47.9 Å². The van der Waals surface area contributed by atoms with E-state index in [4.69, 9.17) is 0 Å². The number of carbonyl (C=O) groups is 1. The van der Waals surface area contributed by atoms with E-state index < -0.39 is 0 Å². The SMILES string of the molecule is C=C/C(=C\CC)C(=O)NC1=CCC=C1O. The van der Waals surface area contributed by atoms with Crippen LogP contribution in [-0.2, 0) is 4.79 Å². The Bertz CT molecular complexity index is 362. The van der Waals surface area contributed by atoms with Crippen LogP contribution in [0, 0.1) is 0 Å². The summed E-state index contributed by atoms with van der Waals surface area (Å²) < 4.78 is 0. The first kappa shape index (κ1) is 11.3. The van der Waals surface area contributed by atoms with Crippen LogP contribution in [0.25, 0.3) is 0 Å². The molecule has 2 N–H and O–H groups in total. The zero-order chi connectivity index (χ0) is 11.3. The van der Waals surface area contributed by atoms with Crippen molar-refractivity contribution in [3.8, 4) is 0 Å². The predicted molar refractivity (Wildman–Crippen MR) is 60.1 cm³/mol. The van der Waals surface area contributed by atoms with Gasteiger partial charge in [0, 0.05) is 5.57 Å². The van der Waals surface area contributed by atoms with E-state index in [1.54, 1.807) is 18.2 Å². The molecule has 0 aromatic rings. The average molecular weight is 205 g/mol. The fourth-order valence-electron chi connectivity index (χ4n) is 1.30. The first-order chi connectivity index (χ1) is 7.19. The summed E-state index contributed by atoms with van der Waals surface area (Å²) in [6, 6.07) is 0. The van der Waals surface area contributed by atoms with Crippen LogP contribution in [0.3, 0.4) is 0 Å². The smallest absolute Gasteiger partial charge is 0.255 e. The number of aliphatic hydroxyl groups is 1. The van der Waals surface area contributed by atoms with Crippen molar-refractivity contribution in [3.63, 3.8) is 0 Å². The average Bonchev–Trinajstić information content (AvgIpc) is 2.60. The molecule has 3 heteroatoms. The molecular weight excluding hydrogens is 190 g/mol. The Labute approximate surface area is 89.5 Å². The molecule has 3 nitrogen and oxygen atoms in total. The van der Waals surface area contributed by atoms with Crippen LogP contribution in [-0.4, -0.2) is 11.0 Å². The van der Waals surface area contributed by atoms with Gasteiger partial charge in [-0.3, -0.25) is 4.79 Å². The van der Waals surface area contributed by atoms with Crippen LogP contribution < -0.4 is 5.32 Å². The second kappa shape index (κ2) is 5.20. The lowest BCUT2D eigenvalue weighted by atomic mass is 10.2. The van der Waals surface area contributed by atoms with Gasteiger partial charge in [0.15, 0.2) is 0 Å². The Morgan fingerprint density at radius 2 is 2.40 bits per heavy atom. The van der Waals surface area contributed by atoms with E-state index in [0.717, 1.165) is 6.42 Å². The van der Waals surface area contributed by atoms with Crippen molar-refractivity contribution in [1.82, 2.24) is 5.32 Å². The van der Waals surface area contributed by atoms with Crippen molar-refractivity contribution in [2.75, 3.05) is 0 Å². The molecule has 0 fully saturated rings. The van der Waals surface area contributed by atoms with Gasteiger partial charge in [-0.2, -0.15) is 0 Å². The highest BCUT2D eigenvalue weighted by atomic mass is 16.3. The lowest BCUT2D eigenvalue weighted by molar-refractivity contribution is -0.116. The van der Waals surface area contributed by atoms with Crippen LogP contribution in [0.5, 0.6) is 0 Å². The number of nitrogens with one attached hydrogen (secondary N) is 1. The highest BCUT2D eigenvalue weighted by molar-refractivity contribution is 5.97. The number of amides is 1. The molecule has 1 aliphatic rings. The third-order valence-electron chi connectivity index (χ3n) is 2.06. The first-order valence-electron chi connectivity index (χ1n) is 4.92. The van der Waals surface area contributed by atoms with Gasteiger partial charge in [0.2, 0.25) is 0 Å². The molecule has 0 aliphatic heterocycles. The summed E-state index contributed by atoms with van der Waals surface area (Å²) in [4.78, 5) is 11.6. The summed E-state index contributed by atoms with van der Waals surface area (Å²) in [6.45, 7) is 5.52. The summed E-state index contributed by atoms with van der Waals surface area (Å²) >= 11 is 0. The Balaban J connectivity index is 2.67. The van der Waals surface area contributed by atoms with E-state index in [-0.39, 0.29) is 11.7 Å². The maximum absolute atomic E-state index is 11.6. The minimum absolute atomic E-state index is 0.128. The van der Waals surface area contributed by atoms with Gasteiger partial charge >= 0.3 is 0 Å². The monoisotopic (exact) mass is 205 g/mol. The number of hydrogen-bond acceptors (Lipinski definition) is 2. The molecule has 0 saturated carbocycles. The summed E-state index contributed by atoms with van der Waals surface area (Å²) in [5.41, 5.74) is 1.00. The fraction of sp³-hybridized carbons (Fsp3) is 0.250.